The van der Waals surface area contributed by atoms with Crippen molar-refractivity contribution < 1.29 is 9.53 Å². The summed E-state index contributed by atoms with van der Waals surface area (Å²) in [5.41, 5.74) is 6.86. The van der Waals surface area contributed by atoms with Crippen LogP contribution in [0.1, 0.15) is 15.9 Å². The van der Waals surface area contributed by atoms with Crippen molar-refractivity contribution in [1.82, 2.24) is 0 Å². The van der Waals surface area contributed by atoms with E-state index in [1.54, 1.807) is 6.07 Å². The summed E-state index contributed by atoms with van der Waals surface area (Å²) in [5, 5.41) is 2.24. The lowest BCUT2D eigenvalue weighted by molar-refractivity contribution is 0.0999. The molecule has 4 heteroatoms. The fourth-order valence-corrected chi connectivity index (χ4v) is 2.57. The molecule has 0 heterocycles. The third-order valence-corrected chi connectivity index (χ3v) is 3.66. The van der Waals surface area contributed by atoms with Crippen molar-refractivity contribution in [1.29, 1.82) is 0 Å². The lowest BCUT2D eigenvalue weighted by atomic mass is 10.0. The van der Waals surface area contributed by atoms with Crippen LogP contribution >= 0.6 is 12.4 Å². The number of carbonyl (C=O) groups excluding carboxylic acids is 1. The molecule has 0 saturated carbocycles. The molecule has 0 fully saturated rings. The first-order chi connectivity index (χ1) is 10.8. The number of hydrogen-bond acceptors (Lipinski definition) is 2. The molecular formula is C19H18ClNO2. The SMILES string of the molecule is Cl.NC(=O)c1ccccc1CCOc1cccc2ccccc12. The Bertz CT molecular complexity index is 812. The average Bonchev–Trinajstić information content (AvgIpc) is 2.55. The Balaban J connectivity index is 0.00000192. The second-order valence-electron chi connectivity index (χ2n) is 5.10. The molecular weight excluding hydrogens is 310 g/mol. The summed E-state index contributed by atoms with van der Waals surface area (Å²) in [6.45, 7) is 0.498. The Morgan fingerprint density at radius 1 is 0.913 bits per heavy atom. The van der Waals surface area contributed by atoms with Crippen molar-refractivity contribution in [2.45, 2.75) is 6.42 Å². The Hall–Kier alpha value is -2.52. The van der Waals surface area contributed by atoms with Crippen LogP contribution in [0, 0.1) is 0 Å². The number of primary amides is 1. The molecule has 0 spiro atoms. The van der Waals surface area contributed by atoms with Gasteiger partial charge < -0.3 is 10.5 Å². The molecule has 3 nitrogen and oxygen atoms in total. The van der Waals surface area contributed by atoms with Crippen molar-refractivity contribution in [2.75, 3.05) is 6.61 Å². The minimum atomic E-state index is -0.402. The third kappa shape index (κ3) is 3.82. The van der Waals surface area contributed by atoms with Gasteiger partial charge in [0.05, 0.1) is 6.61 Å². The van der Waals surface area contributed by atoms with Gasteiger partial charge in [-0.2, -0.15) is 0 Å². The van der Waals surface area contributed by atoms with Crippen LogP contribution in [0.3, 0.4) is 0 Å². The van der Waals surface area contributed by atoms with E-state index in [-0.39, 0.29) is 12.4 Å². The van der Waals surface area contributed by atoms with Crippen LogP contribution < -0.4 is 10.5 Å². The van der Waals surface area contributed by atoms with E-state index in [1.165, 1.54) is 0 Å². The van der Waals surface area contributed by atoms with Crippen LogP contribution in [-0.4, -0.2) is 12.5 Å². The van der Waals surface area contributed by atoms with Crippen LogP contribution in [0.5, 0.6) is 5.75 Å². The summed E-state index contributed by atoms with van der Waals surface area (Å²) in [4.78, 5) is 11.4. The Kier molecular flexibility index (Phi) is 5.61. The largest absolute Gasteiger partial charge is 0.493 e. The van der Waals surface area contributed by atoms with Crippen molar-refractivity contribution in [2.24, 2.45) is 5.73 Å². The summed E-state index contributed by atoms with van der Waals surface area (Å²) in [5.74, 6) is 0.454. The van der Waals surface area contributed by atoms with Gasteiger partial charge >= 0.3 is 0 Å². The van der Waals surface area contributed by atoms with Gasteiger partial charge in [0.25, 0.3) is 0 Å². The molecule has 23 heavy (non-hydrogen) atoms. The highest BCUT2D eigenvalue weighted by Crippen LogP contribution is 2.25. The molecule has 3 aromatic carbocycles. The summed E-state index contributed by atoms with van der Waals surface area (Å²) >= 11 is 0. The highest BCUT2D eigenvalue weighted by Gasteiger charge is 2.07. The quantitative estimate of drug-likeness (QED) is 0.770. The van der Waals surface area contributed by atoms with Gasteiger partial charge in [0.2, 0.25) is 5.91 Å². The van der Waals surface area contributed by atoms with E-state index in [1.807, 2.05) is 48.5 Å². The molecule has 3 rings (SSSR count). The summed E-state index contributed by atoms with van der Waals surface area (Å²) in [7, 11) is 0. The smallest absolute Gasteiger partial charge is 0.248 e. The number of nitrogens with two attached hydrogens (primary N) is 1. The maximum absolute atomic E-state index is 11.4. The Morgan fingerprint density at radius 2 is 1.61 bits per heavy atom. The minimum Gasteiger partial charge on any atom is -0.493 e. The van der Waals surface area contributed by atoms with Gasteiger partial charge in [0, 0.05) is 17.4 Å². The second-order valence-corrected chi connectivity index (χ2v) is 5.10. The number of halogens is 1. The van der Waals surface area contributed by atoms with Crippen molar-refractivity contribution >= 4 is 29.1 Å². The number of carbonyl (C=O) groups is 1. The maximum atomic E-state index is 11.4. The van der Waals surface area contributed by atoms with E-state index in [0.717, 1.165) is 22.1 Å². The minimum absolute atomic E-state index is 0. The van der Waals surface area contributed by atoms with Crippen molar-refractivity contribution in [3.63, 3.8) is 0 Å². The van der Waals surface area contributed by atoms with E-state index < -0.39 is 5.91 Å². The summed E-state index contributed by atoms with van der Waals surface area (Å²) < 4.78 is 5.91. The molecule has 2 N–H and O–H groups in total. The first kappa shape index (κ1) is 16.8. The molecule has 118 valence electrons. The fraction of sp³-hybridized carbons (Fsp3) is 0.105. The molecule has 0 bridgehead atoms. The molecule has 0 aliphatic carbocycles. The lowest BCUT2D eigenvalue weighted by Gasteiger charge is -2.10. The van der Waals surface area contributed by atoms with Gasteiger partial charge in [0.15, 0.2) is 0 Å². The van der Waals surface area contributed by atoms with E-state index in [2.05, 4.69) is 12.1 Å². The Morgan fingerprint density at radius 3 is 2.43 bits per heavy atom. The van der Waals surface area contributed by atoms with Crippen LogP contribution in [0.4, 0.5) is 0 Å². The third-order valence-electron chi connectivity index (χ3n) is 3.66. The predicted octanol–water partition coefficient (Wildman–Crippen LogP) is 3.98. The van der Waals surface area contributed by atoms with Crippen LogP contribution in [0.25, 0.3) is 10.8 Å². The number of ether oxygens (including phenoxy) is 1. The molecule has 1 amide bonds. The normalized spacial score (nSPS) is 10.1. The first-order valence-corrected chi connectivity index (χ1v) is 7.24. The van der Waals surface area contributed by atoms with E-state index in [0.29, 0.717) is 18.6 Å². The number of hydrogen-bond donors (Lipinski definition) is 1. The highest BCUT2D eigenvalue weighted by molar-refractivity contribution is 5.94. The maximum Gasteiger partial charge on any atom is 0.248 e. The molecule has 0 saturated heterocycles. The zero-order valence-corrected chi connectivity index (χ0v) is 13.4. The highest BCUT2D eigenvalue weighted by atomic mass is 35.5. The topological polar surface area (TPSA) is 52.3 Å². The number of amides is 1. The Labute approximate surface area is 141 Å². The van der Waals surface area contributed by atoms with Crippen molar-refractivity contribution in [3.05, 3.63) is 77.9 Å². The van der Waals surface area contributed by atoms with E-state index in [4.69, 9.17) is 10.5 Å². The van der Waals surface area contributed by atoms with Gasteiger partial charge in [-0.15, -0.1) is 12.4 Å². The zero-order valence-electron chi connectivity index (χ0n) is 12.6. The molecule has 0 aromatic heterocycles. The van der Waals surface area contributed by atoms with Crippen molar-refractivity contribution in [3.8, 4) is 5.75 Å². The molecule has 0 radical (unpaired) electrons. The molecule has 0 unspecified atom stereocenters. The van der Waals surface area contributed by atoms with E-state index in [9.17, 15) is 4.79 Å². The molecule has 3 aromatic rings. The fourth-order valence-electron chi connectivity index (χ4n) is 2.57. The predicted molar refractivity (Wildman–Crippen MR) is 95.4 cm³/mol. The number of rotatable bonds is 5. The van der Waals surface area contributed by atoms with Gasteiger partial charge in [-0.3, -0.25) is 4.79 Å². The second kappa shape index (κ2) is 7.65. The molecule has 0 aliphatic rings. The monoisotopic (exact) mass is 327 g/mol. The van der Waals surface area contributed by atoms with Crippen LogP contribution in [-0.2, 0) is 6.42 Å². The van der Waals surface area contributed by atoms with E-state index >= 15 is 0 Å². The molecule has 0 atom stereocenters. The number of benzene rings is 3. The molecule has 0 aliphatic heterocycles. The standard InChI is InChI=1S/C19H17NO2.ClH/c20-19(21)17-10-4-2-7-15(17)12-13-22-18-11-5-8-14-6-1-3-9-16(14)18;/h1-11H,12-13H2,(H2,20,21);1H. The summed E-state index contributed by atoms with van der Waals surface area (Å²) in [6, 6.07) is 21.5. The lowest BCUT2D eigenvalue weighted by Crippen LogP contribution is -2.15. The van der Waals surface area contributed by atoms with Gasteiger partial charge in [-0.25, -0.2) is 0 Å². The average molecular weight is 328 g/mol. The van der Waals surface area contributed by atoms with Gasteiger partial charge in [-0.1, -0.05) is 54.6 Å². The van der Waals surface area contributed by atoms with Gasteiger partial charge in [-0.05, 0) is 23.1 Å². The van der Waals surface area contributed by atoms with Gasteiger partial charge in [0.1, 0.15) is 5.75 Å². The number of fused-ring (bicyclic) bond motifs is 1. The zero-order chi connectivity index (χ0) is 15.4. The summed E-state index contributed by atoms with van der Waals surface area (Å²) in [6.07, 6.45) is 0.641. The van der Waals surface area contributed by atoms with Crippen LogP contribution in [0.15, 0.2) is 66.7 Å². The van der Waals surface area contributed by atoms with Crippen LogP contribution in [0.2, 0.25) is 0 Å². The first-order valence-electron chi connectivity index (χ1n) is 7.24.